The van der Waals surface area contributed by atoms with Crippen LogP contribution in [0.4, 0.5) is 4.79 Å². The molecule has 0 aliphatic carbocycles. The summed E-state index contributed by atoms with van der Waals surface area (Å²) in [4.78, 5) is 11.9. The molecule has 0 aromatic heterocycles. The Bertz CT molecular complexity index is 267. The smallest absolute Gasteiger partial charge is 0.315 e. The molecule has 0 radical (unpaired) electrons. The van der Waals surface area contributed by atoms with Crippen LogP contribution in [0.1, 0.15) is 40.0 Å². The Labute approximate surface area is 109 Å². The topological polar surface area (TPSA) is 70.6 Å². The van der Waals surface area contributed by atoms with Crippen LogP contribution in [-0.4, -0.2) is 42.5 Å². The highest BCUT2D eigenvalue weighted by Crippen LogP contribution is 2.16. The summed E-state index contributed by atoms with van der Waals surface area (Å²) in [7, 11) is 0. The monoisotopic (exact) mass is 258 g/mol. The molecule has 2 amide bonds. The lowest BCUT2D eigenvalue weighted by molar-refractivity contribution is 0.158. The molecule has 5 heteroatoms. The van der Waals surface area contributed by atoms with Crippen molar-refractivity contribution >= 4 is 6.03 Å². The van der Waals surface area contributed by atoms with Crippen molar-refractivity contribution in [2.45, 2.75) is 51.6 Å². The van der Waals surface area contributed by atoms with Crippen molar-refractivity contribution < 1.29 is 14.6 Å². The van der Waals surface area contributed by atoms with Crippen molar-refractivity contribution in [2.75, 3.05) is 19.8 Å². The lowest BCUT2D eigenvalue weighted by atomic mass is 9.97. The molecule has 0 spiro atoms. The van der Waals surface area contributed by atoms with Gasteiger partial charge in [0, 0.05) is 18.6 Å². The normalized spacial score (nSPS) is 24.3. The maximum atomic E-state index is 11.9. The van der Waals surface area contributed by atoms with E-state index in [4.69, 9.17) is 4.74 Å². The fourth-order valence-electron chi connectivity index (χ4n) is 2.31. The summed E-state index contributed by atoms with van der Waals surface area (Å²) in [6.07, 6.45) is 2.68. The second-order valence-electron chi connectivity index (χ2n) is 5.48. The fourth-order valence-corrected chi connectivity index (χ4v) is 2.31. The van der Waals surface area contributed by atoms with Crippen LogP contribution >= 0.6 is 0 Å². The van der Waals surface area contributed by atoms with Gasteiger partial charge < -0.3 is 20.5 Å². The van der Waals surface area contributed by atoms with Crippen LogP contribution in [-0.2, 0) is 4.74 Å². The number of aliphatic hydroxyl groups is 1. The highest BCUT2D eigenvalue weighted by atomic mass is 16.5. The number of aliphatic hydroxyl groups excluding tert-OH is 1. The summed E-state index contributed by atoms with van der Waals surface area (Å²) >= 11 is 0. The fraction of sp³-hybridized carbons (Fsp3) is 0.923. The highest BCUT2D eigenvalue weighted by molar-refractivity contribution is 5.75. The molecule has 3 unspecified atom stereocenters. The summed E-state index contributed by atoms with van der Waals surface area (Å²) in [5.41, 5.74) is -0.537. The van der Waals surface area contributed by atoms with E-state index in [1.165, 1.54) is 0 Å². The molecule has 3 atom stereocenters. The number of carbonyl (C=O) groups is 1. The number of rotatable bonds is 6. The van der Waals surface area contributed by atoms with Crippen molar-refractivity contribution in [1.82, 2.24) is 10.6 Å². The third kappa shape index (κ3) is 4.46. The van der Waals surface area contributed by atoms with Gasteiger partial charge in [-0.05, 0) is 26.7 Å². The van der Waals surface area contributed by atoms with Crippen molar-refractivity contribution in [3.8, 4) is 0 Å². The van der Waals surface area contributed by atoms with Crippen molar-refractivity contribution in [3.05, 3.63) is 0 Å². The van der Waals surface area contributed by atoms with Crippen LogP contribution in [0.2, 0.25) is 0 Å². The molecular weight excluding hydrogens is 232 g/mol. The first kappa shape index (κ1) is 15.2. The number of nitrogens with one attached hydrogen (secondary N) is 2. The molecule has 1 heterocycles. The average Bonchev–Trinajstić information content (AvgIpc) is 2.82. The maximum Gasteiger partial charge on any atom is 0.315 e. The van der Waals surface area contributed by atoms with Gasteiger partial charge in [-0.1, -0.05) is 13.3 Å². The zero-order chi connectivity index (χ0) is 13.6. The Morgan fingerprint density at radius 3 is 2.83 bits per heavy atom. The Balaban J connectivity index is 2.39. The van der Waals surface area contributed by atoms with E-state index in [1.54, 1.807) is 0 Å². The van der Waals surface area contributed by atoms with Crippen LogP contribution in [0.25, 0.3) is 0 Å². The third-order valence-electron chi connectivity index (χ3n) is 3.60. The number of urea groups is 1. The molecule has 0 saturated carbocycles. The molecule has 0 aromatic rings. The van der Waals surface area contributed by atoms with Gasteiger partial charge in [-0.2, -0.15) is 0 Å². The predicted octanol–water partition coefficient (Wildman–Crippen LogP) is 1.26. The Hall–Kier alpha value is -0.810. The number of hydrogen-bond donors (Lipinski definition) is 3. The van der Waals surface area contributed by atoms with Gasteiger partial charge >= 0.3 is 6.03 Å². The van der Waals surface area contributed by atoms with Crippen LogP contribution in [0.15, 0.2) is 0 Å². The van der Waals surface area contributed by atoms with E-state index < -0.39 is 5.54 Å². The summed E-state index contributed by atoms with van der Waals surface area (Å²) in [5.74, 6) is 0.391. The molecule has 1 aliphatic rings. The summed E-state index contributed by atoms with van der Waals surface area (Å²) < 4.78 is 5.31. The van der Waals surface area contributed by atoms with E-state index in [0.29, 0.717) is 12.5 Å². The maximum absolute atomic E-state index is 11.9. The quantitative estimate of drug-likeness (QED) is 0.672. The highest BCUT2D eigenvalue weighted by Gasteiger charge is 2.27. The first-order chi connectivity index (χ1) is 8.50. The molecule has 0 bridgehead atoms. The van der Waals surface area contributed by atoms with Crippen LogP contribution < -0.4 is 10.6 Å². The van der Waals surface area contributed by atoms with E-state index in [-0.39, 0.29) is 18.7 Å². The molecule has 5 nitrogen and oxygen atoms in total. The molecule has 18 heavy (non-hydrogen) atoms. The zero-order valence-corrected chi connectivity index (χ0v) is 11.7. The van der Waals surface area contributed by atoms with Gasteiger partial charge in [0.05, 0.1) is 18.8 Å². The SMILES string of the molecule is CCCC(C)(CO)NC(=O)NC(C)C1CCOC1. The predicted molar refractivity (Wildman–Crippen MR) is 70.5 cm³/mol. The molecule has 1 fully saturated rings. The number of hydrogen-bond acceptors (Lipinski definition) is 3. The Kier molecular flexibility index (Phi) is 5.88. The molecule has 106 valence electrons. The lowest BCUT2D eigenvalue weighted by Gasteiger charge is -2.30. The van der Waals surface area contributed by atoms with Gasteiger partial charge in [0.15, 0.2) is 0 Å². The van der Waals surface area contributed by atoms with Crippen LogP contribution in [0, 0.1) is 5.92 Å². The second-order valence-corrected chi connectivity index (χ2v) is 5.48. The average molecular weight is 258 g/mol. The number of carbonyl (C=O) groups excluding carboxylic acids is 1. The van der Waals surface area contributed by atoms with E-state index in [0.717, 1.165) is 25.9 Å². The van der Waals surface area contributed by atoms with Gasteiger partial charge in [-0.3, -0.25) is 0 Å². The van der Waals surface area contributed by atoms with E-state index >= 15 is 0 Å². The third-order valence-corrected chi connectivity index (χ3v) is 3.60. The van der Waals surface area contributed by atoms with Crippen LogP contribution in [0.3, 0.4) is 0 Å². The van der Waals surface area contributed by atoms with Crippen molar-refractivity contribution in [1.29, 1.82) is 0 Å². The van der Waals surface area contributed by atoms with E-state index in [9.17, 15) is 9.90 Å². The first-order valence-electron chi connectivity index (χ1n) is 6.78. The van der Waals surface area contributed by atoms with Crippen molar-refractivity contribution in [2.24, 2.45) is 5.92 Å². The Morgan fingerprint density at radius 1 is 1.61 bits per heavy atom. The minimum atomic E-state index is -0.537. The summed E-state index contributed by atoms with van der Waals surface area (Å²) in [5, 5.41) is 15.1. The van der Waals surface area contributed by atoms with Gasteiger partial charge in [-0.15, -0.1) is 0 Å². The molecule has 1 rings (SSSR count). The van der Waals surface area contributed by atoms with Crippen molar-refractivity contribution in [3.63, 3.8) is 0 Å². The summed E-state index contributed by atoms with van der Waals surface area (Å²) in [6.45, 7) is 7.34. The van der Waals surface area contributed by atoms with Gasteiger partial charge in [0.25, 0.3) is 0 Å². The Morgan fingerprint density at radius 2 is 2.33 bits per heavy atom. The standard InChI is InChI=1S/C13H26N2O3/c1-4-6-13(3,9-16)15-12(17)14-10(2)11-5-7-18-8-11/h10-11,16H,4-9H2,1-3H3,(H2,14,15,17). The van der Waals surface area contributed by atoms with E-state index in [1.807, 2.05) is 20.8 Å². The van der Waals surface area contributed by atoms with Gasteiger partial charge in [-0.25, -0.2) is 4.79 Å². The van der Waals surface area contributed by atoms with Gasteiger partial charge in [0.2, 0.25) is 0 Å². The molecule has 0 aromatic carbocycles. The molecule has 3 N–H and O–H groups in total. The van der Waals surface area contributed by atoms with Gasteiger partial charge in [0.1, 0.15) is 0 Å². The largest absolute Gasteiger partial charge is 0.394 e. The van der Waals surface area contributed by atoms with Crippen LogP contribution in [0.5, 0.6) is 0 Å². The minimum Gasteiger partial charge on any atom is -0.394 e. The summed E-state index contributed by atoms with van der Waals surface area (Å²) in [6, 6.07) is -0.114. The zero-order valence-electron chi connectivity index (χ0n) is 11.7. The molecular formula is C13H26N2O3. The van der Waals surface area contributed by atoms with E-state index in [2.05, 4.69) is 10.6 Å². The lowest BCUT2D eigenvalue weighted by Crippen LogP contribution is -2.54. The number of amides is 2. The minimum absolute atomic E-state index is 0.0464. The second kappa shape index (κ2) is 6.95. The number of ether oxygens (including phenoxy) is 1. The molecule has 1 saturated heterocycles. The first-order valence-corrected chi connectivity index (χ1v) is 6.78. The molecule has 1 aliphatic heterocycles.